The van der Waals surface area contributed by atoms with Crippen LogP contribution in [0.3, 0.4) is 0 Å². The third-order valence-corrected chi connectivity index (χ3v) is 17.9. The van der Waals surface area contributed by atoms with Gasteiger partial charge in [-0.2, -0.15) is 0 Å². The molecular formula is C75H136O17P2. The van der Waals surface area contributed by atoms with E-state index >= 15 is 0 Å². The molecule has 0 aliphatic heterocycles. The molecule has 0 aromatic rings. The maximum Gasteiger partial charge on any atom is 0.472 e. The predicted molar refractivity (Wildman–Crippen MR) is 381 cm³/mol. The Kier molecular flexibility index (Phi) is 65.9. The van der Waals surface area contributed by atoms with E-state index in [2.05, 4.69) is 88.5 Å². The molecule has 0 saturated heterocycles. The van der Waals surface area contributed by atoms with Crippen LogP contribution in [-0.4, -0.2) is 96.7 Å². The number of carbonyl (C=O) groups excluding carboxylic acids is 4. The third kappa shape index (κ3) is 67.3. The van der Waals surface area contributed by atoms with Gasteiger partial charge in [-0.25, -0.2) is 9.13 Å². The van der Waals surface area contributed by atoms with Crippen LogP contribution in [0, 0.1) is 0 Å². The lowest BCUT2D eigenvalue weighted by Crippen LogP contribution is -2.30. The van der Waals surface area contributed by atoms with E-state index < -0.39 is 97.5 Å². The first kappa shape index (κ1) is 90.8. The van der Waals surface area contributed by atoms with E-state index in [9.17, 15) is 43.2 Å². The monoisotopic (exact) mass is 1370 g/mol. The average Bonchev–Trinajstić information content (AvgIpc) is 1.36. The van der Waals surface area contributed by atoms with Gasteiger partial charge in [0.15, 0.2) is 12.2 Å². The zero-order valence-corrected chi connectivity index (χ0v) is 61.4. The van der Waals surface area contributed by atoms with Gasteiger partial charge in [0, 0.05) is 25.7 Å². The van der Waals surface area contributed by atoms with Gasteiger partial charge in [0.1, 0.15) is 19.3 Å². The fraction of sp³-hybridized carbons (Fsp3) is 0.813. The number of carbonyl (C=O) groups is 4. The standard InChI is InChI=1S/C75H136O17P2/c1-5-9-13-17-21-25-29-32-34-37-41-44-48-52-56-60-73(78)86-66-71(92-75(80)62-58-54-50-46-42-38-35-33-30-26-22-18-14-10-6-2)68-90-94(83,84)88-64-69(76)63-87-93(81,82)89-67-70(91-74(79)61-57-53-49-45-39-28-24-20-16-12-8-4)65-85-72(77)59-55-51-47-43-40-36-31-27-23-19-15-11-7-3/h9,13,21,25,27,31-32,34,41,44,69-71,76H,5-8,10-12,14-20,22-24,26,28-30,33,35-40,42-43,45-68H2,1-4H3,(H,81,82)(H,83,84)/b13-9-,25-21-,31-27-,34-32-,44-41-. The van der Waals surface area contributed by atoms with Crippen LogP contribution in [0.4, 0.5) is 0 Å². The summed E-state index contributed by atoms with van der Waals surface area (Å²) in [4.78, 5) is 72.7. The first-order valence-electron chi connectivity index (χ1n) is 37.5. The predicted octanol–water partition coefficient (Wildman–Crippen LogP) is 21.1. The van der Waals surface area contributed by atoms with E-state index in [0.717, 1.165) is 128 Å². The maximum absolute atomic E-state index is 13.1. The van der Waals surface area contributed by atoms with Crippen molar-refractivity contribution < 1.29 is 80.2 Å². The van der Waals surface area contributed by atoms with E-state index in [4.69, 9.17) is 37.0 Å². The number of allylic oxidation sites excluding steroid dienone is 10. The van der Waals surface area contributed by atoms with E-state index in [0.29, 0.717) is 25.7 Å². The van der Waals surface area contributed by atoms with Crippen molar-refractivity contribution in [3.05, 3.63) is 60.8 Å². The molecule has 0 amide bonds. The molecule has 3 N–H and O–H groups in total. The minimum Gasteiger partial charge on any atom is -0.462 e. The molecule has 0 spiro atoms. The van der Waals surface area contributed by atoms with E-state index in [1.807, 2.05) is 0 Å². The van der Waals surface area contributed by atoms with Crippen molar-refractivity contribution in [3.8, 4) is 0 Å². The molecule has 94 heavy (non-hydrogen) atoms. The molecule has 5 unspecified atom stereocenters. The van der Waals surface area contributed by atoms with Gasteiger partial charge >= 0.3 is 39.5 Å². The van der Waals surface area contributed by atoms with Gasteiger partial charge in [-0.15, -0.1) is 0 Å². The summed E-state index contributed by atoms with van der Waals surface area (Å²) in [7, 11) is -9.94. The van der Waals surface area contributed by atoms with Crippen molar-refractivity contribution in [3.63, 3.8) is 0 Å². The number of hydrogen-bond acceptors (Lipinski definition) is 15. The molecule has 0 aliphatic rings. The second-order valence-corrected chi connectivity index (χ2v) is 28.1. The van der Waals surface area contributed by atoms with E-state index in [1.54, 1.807) is 0 Å². The first-order valence-corrected chi connectivity index (χ1v) is 40.5. The highest BCUT2D eigenvalue weighted by atomic mass is 31.2. The zero-order valence-electron chi connectivity index (χ0n) is 59.6. The number of phosphoric acid groups is 2. The molecule has 17 nitrogen and oxygen atoms in total. The Labute approximate surface area is 571 Å². The van der Waals surface area contributed by atoms with Crippen molar-refractivity contribution in [1.29, 1.82) is 0 Å². The molecule has 5 atom stereocenters. The highest BCUT2D eigenvalue weighted by Crippen LogP contribution is 2.45. The number of ether oxygens (including phenoxy) is 4. The fourth-order valence-corrected chi connectivity index (χ4v) is 11.8. The quantitative estimate of drug-likeness (QED) is 0.0169. The summed E-state index contributed by atoms with van der Waals surface area (Å²) in [6.07, 6.45) is 65.1. The Bertz CT molecular complexity index is 2030. The van der Waals surface area contributed by atoms with Gasteiger partial charge in [0.05, 0.1) is 26.4 Å². The molecule has 0 fully saturated rings. The van der Waals surface area contributed by atoms with Crippen LogP contribution in [0.25, 0.3) is 0 Å². The Morgan fingerprint density at radius 1 is 0.309 bits per heavy atom. The molecule has 19 heteroatoms. The summed E-state index contributed by atoms with van der Waals surface area (Å²) < 4.78 is 68.3. The number of aliphatic hydroxyl groups excluding tert-OH is 1. The Morgan fingerprint density at radius 2 is 0.553 bits per heavy atom. The van der Waals surface area contributed by atoms with Crippen LogP contribution in [0.2, 0.25) is 0 Å². The number of phosphoric ester groups is 2. The smallest absolute Gasteiger partial charge is 0.462 e. The van der Waals surface area contributed by atoms with Crippen LogP contribution in [0.1, 0.15) is 336 Å². The largest absolute Gasteiger partial charge is 0.472 e. The fourth-order valence-electron chi connectivity index (χ4n) is 10.3. The summed E-state index contributed by atoms with van der Waals surface area (Å²) in [5.41, 5.74) is 0. The van der Waals surface area contributed by atoms with Crippen LogP contribution in [0.15, 0.2) is 60.8 Å². The molecule has 0 aliphatic carbocycles. The van der Waals surface area contributed by atoms with Crippen molar-refractivity contribution in [2.24, 2.45) is 0 Å². The Morgan fingerprint density at radius 3 is 0.894 bits per heavy atom. The van der Waals surface area contributed by atoms with Gasteiger partial charge < -0.3 is 33.8 Å². The molecule has 0 heterocycles. The number of esters is 4. The Hall–Kier alpha value is -3.24. The van der Waals surface area contributed by atoms with Gasteiger partial charge in [-0.3, -0.25) is 37.3 Å². The van der Waals surface area contributed by atoms with Gasteiger partial charge in [0.25, 0.3) is 0 Å². The number of aliphatic hydroxyl groups is 1. The molecular weight excluding hydrogens is 1230 g/mol. The number of unbranched alkanes of at least 4 members (excludes halogenated alkanes) is 35. The zero-order chi connectivity index (χ0) is 69.0. The number of rotatable bonds is 71. The highest BCUT2D eigenvalue weighted by molar-refractivity contribution is 7.47. The first-order chi connectivity index (χ1) is 45.7. The van der Waals surface area contributed by atoms with Crippen molar-refractivity contribution in [2.45, 2.75) is 354 Å². The summed E-state index contributed by atoms with van der Waals surface area (Å²) >= 11 is 0. The maximum atomic E-state index is 13.1. The summed E-state index contributed by atoms with van der Waals surface area (Å²) in [5.74, 6) is -2.20. The minimum atomic E-state index is -4.97. The van der Waals surface area contributed by atoms with E-state index in [1.165, 1.54) is 128 Å². The molecule has 0 aromatic carbocycles. The summed E-state index contributed by atoms with van der Waals surface area (Å²) in [5, 5.41) is 10.6. The third-order valence-electron chi connectivity index (χ3n) is 16.0. The lowest BCUT2D eigenvalue weighted by Gasteiger charge is -2.21. The SMILES string of the molecule is CC/C=C\C/C=C\C/C=C\C/C=C\CCCCC(=O)OCC(COP(=O)(O)OCC(O)COP(=O)(O)OCC(COC(=O)CCCCCCC/C=C\CCCCCC)OC(=O)CCCCCCCCCCCCC)OC(=O)CCCCCCCCCCCCCCCCC. The Balaban J connectivity index is 5.33. The minimum absolute atomic E-state index is 0.0921. The van der Waals surface area contributed by atoms with E-state index in [-0.39, 0.29) is 25.7 Å². The topological polar surface area (TPSA) is 237 Å². The van der Waals surface area contributed by atoms with Crippen LogP contribution < -0.4 is 0 Å². The molecule has 0 aromatic heterocycles. The molecule has 0 bridgehead atoms. The summed E-state index contributed by atoms with van der Waals surface area (Å²) in [6, 6.07) is 0. The normalized spacial score (nSPS) is 14.3. The summed E-state index contributed by atoms with van der Waals surface area (Å²) in [6.45, 7) is 4.73. The average molecular weight is 1370 g/mol. The van der Waals surface area contributed by atoms with Crippen molar-refractivity contribution in [2.75, 3.05) is 39.6 Å². The van der Waals surface area contributed by atoms with Gasteiger partial charge in [0.2, 0.25) is 0 Å². The second-order valence-electron chi connectivity index (χ2n) is 25.2. The molecule has 0 radical (unpaired) electrons. The van der Waals surface area contributed by atoms with Crippen LogP contribution in [0.5, 0.6) is 0 Å². The molecule has 0 rings (SSSR count). The van der Waals surface area contributed by atoms with Crippen molar-refractivity contribution >= 4 is 39.5 Å². The lowest BCUT2D eigenvalue weighted by atomic mass is 10.0. The second kappa shape index (κ2) is 68.3. The molecule has 0 saturated carbocycles. The number of hydrogen-bond donors (Lipinski definition) is 3. The van der Waals surface area contributed by atoms with Crippen LogP contribution >= 0.6 is 15.6 Å². The lowest BCUT2D eigenvalue weighted by molar-refractivity contribution is -0.161. The highest BCUT2D eigenvalue weighted by Gasteiger charge is 2.30. The van der Waals surface area contributed by atoms with Crippen LogP contribution in [-0.2, 0) is 65.4 Å². The van der Waals surface area contributed by atoms with Gasteiger partial charge in [-0.1, -0.05) is 281 Å². The molecule has 548 valence electrons. The van der Waals surface area contributed by atoms with Crippen molar-refractivity contribution in [1.82, 2.24) is 0 Å². The van der Waals surface area contributed by atoms with Gasteiger partial charge in [-0.05, 0) is 89.9 Å².